The second kappa shape index (κ2) is 7.65. The summed E-state index contributed by atoms with van der Waals surface area (Å²) in [5.41, 5.74) is 1.96. The van der Waals surface area contributed by atoms with Crippen molar-refractivity contribution in [1.29, 1.82) is 0 Å². The third kappa shape index (κ3) is 3.58. The minimum atomic E-state index is -0.240. The standard InChI is InChI=1S/C20H22N6O/c1-25(14-9-16-5-2-3-10-22-16)20(27)17-6-4-13-26-18(23-24-19(17)26)15-7-11-21-12-8-15/h2-3,5,7-8,10-12,17H,4,6,9,13-14H2,1H3. The second-order valence-electron chi connectivity index (χ2n) is 6.80. The van der Waals surface area contributed by atoms with E-state index in [9.17, 15) is 4.79 Å². The van der Waals surface area contributed by atoms with Gasteiger partial charge in [-0.05, 0) is 37.1 Å². The molecule has 0 aliphatic carbocycles. The number of pyridine rings is 2. The SMILES string of the molecule is CN(CCc1ccccn1)C(=O)C1CCCn2c(-c3ccncc3)nnc21. The van der Waals surface area contributed by atoms with Gasteiger partial charge in [0.05, 0.1) is 5.92 Å². The number of amides is 1. The van der Waals surface area contributed by atoms with Crippen LogP contribution >= 0.6 is 0 Å². The lowest BCUT2D eigenvalue weighted by Gasteiger charge is -2.27. The van der Waals surface area contributed by atoms with Crippen LogP contribution in [-0.2, 0) is 17.8 Å². The maximum absolute atomic E-state index is 13.0. The van der Waals surface area contributed by atoms with Crippen molar-refractivity contribution in [3.63, 3.8) is 0 Å². The van der Waals surface area contributed by atoms with Gasteiger partial charge in [0.1, 0.15) is 5.82 Å². The second-order valence-corrected chi connectivity index (χ2v) is 6.80. The summed E-state index contributed by atoms with van der Waals surface area (Å²) in [6.45, 7) is 1.47. The molecule has 0 bridgehead atoms. The van der Waals surface area contributed by atoms with E-state index in [4.69, 9.17) is 0 Å². The van der Waals surface area contributed by atoms with Crippen LogP contribution in [0.2, 0.25) is 0 Å². The van der Waals surface area contributed by atoms with Crippen molar-refractivity contribution in [3.05, 3.63) is 60.4 Å². The predicted octanol–water partition coefficient (Wildman–Crippen LogP) is 2.31. The Bertz CT molecular complexity index is 909. The fourth-order valence-corrected chi connectivity index (χ4v) is 3.53. The number of hydrogen-bond donors (Lipinski definition) is 0. The van der Waals surface area contributed by atoms with Crippen LogP contribution in [0.5, 0.6) is 0 Å². The van der Waals surface area contributed by atoms with E-state index in [0.717, 1.165) is 48.7 Å². The molecule has 3 aromatic heterocycles. The molecule has 1 unspecified atom stereocenters. The molecular weight excluding hydrogens is 340 g/mol. The molecule has 0 saturated carbocycles. The quantitative estimate of drug-likeness (QED) is 0.696. The summed E-state index contributed by atoms with van der Waals surface area (Å²) in [5, 5.41) is 8.73. The Morgan fingerprint density at radius 3 is 2.81 bits per heavy atom. The van der Waals surface area contributed by atoms with Gasteiger partial charge in [0.15, 0.2) is 5.82 Å². The highest BCUT2D eigenvalue weighted by Gasteiger charge is 2.32. The Kier molecular flexibility index (Phi) is 4.91. The molecule has 0 radical (unpaired) electrons. The fourth-order valence-electron chi connectivity index (χ4n) is 3.53. The van der Waals surface area contributed by atoms with Crippen molar-refractivity contribution < 1.29 is 4.79 Å². The lowest BCUT2D eigenvalue weighted by Crippen LogP contribution is -2.36. The Balaban J connectivity index is 1.50. The molecule has 0 saturated heterocycles. The Hall–Kier alpha value is -3.09. The number of likely N-dealkylation sites (N-methyl/N-ethyl adjacent to an activating group) is 1. The lowest BCUT2D eigenvalue weighted by molar-refractivity contribution is -0.132. The van der Waals surface area contributed by atoms with Crippen LogP contribution < -0.4 is 0 Å². The van der Waals surface area contributed by atoms with Crippen LogP contribution in [0.25, 0.3) is 11.4 Å². The van der Waals surface area contributed by atoms with Gasteiger partial charge in [0, 0.05) is 56.4 Å². The van der Waals surface area contributed by atoms with Gasteiger partial charge < -0.3 is 9.47 Å². The molecule has 0 aromatic carbocycles. The first-order valence-corrected chi connectivity index (χ1v) is 9.22. The zero-order chi connectivity index (χ0) is 18.6. The topological polar surface area (TPSA) is 76.8 Å². The molecule has 138 valence electrons. The maximum atomic E-state index is 13.0. The van der Waals surface area contributed by atoms with E-state index in [0.29, 0.717) is 6.54 Å². The van der Waals surface area contributed by atoms with Crippen LogP contribution in [0.1, 0.15) is 30.3 Å². The first kappa shape index (κ1) is 17.3. The van der Waals surface area contributed by atoms with E-state index in [1.807, 2.05) is 37.4 Å². The lowest BCUT2D eigenvalue weighted by atomic mass is 9.97. The molecule has 3 aromatic rings. The monoisotopic (exact) mass is 362 g/mol. The van der Waals surface area contributed by atoms with Crippen LogP contribution in [-0.4, -0.2) is 49.1 Å². The highest BCUT2D eigenvalue weighted by atomic mass is 16.2. The van der Waals surface area contributed by atoms with E-state index in [2.05, 4.69) is 24.7 Å². The summed E-state index contributed by atoms with van der Waals surface area (Å²) < 4.78 is 2.08. The maximum Gasteiger partial charge on any atom is 0.233 e. The normalized spacial score (nSPS) is 16.0. The molecule has 4 heterocycles. The Morgan fingerprint density at radius 2 is 2.04 bits per heavy atom. The van der Waals surface area contributed by atoms with E-state index in [1.165, 1.54) is 0 Å². The molecule has 7 nitrogen and oxygen atoms in total. The fraction of sp³-hybridized carbons (Fsp3) is 0.350. The number of fused-ring (bicyclic) bond motifs is 1. The minimum Gasteiger partial charge on any atom is -0.345 e. The summed E-state index contributed by atoms with van der Waals surface area (Å²) in [6, 6.07) is 9.68. The highest BCUT2D eigenvalue weighted by molar-refractivity contribution is 5.83. The molecule has 0 spiro atoms. The van der Waals surface area contributed by atoms with E-state index in [-0.39, 0.29) is 11.8 Å². The number of hydrogen-bond acceptors (Lipinski definition) is 5. The largest absolute Gasteiger partial charge is 0.345 e. The summed E-state index contributed by atoms with van der Waals surface area (Å²) in [6.07, 6.45) is 7.75. The van der Waals surface area contributed by atoms with Crippen molar-refractivity contribution in [3.8, 4) is 11.4 Å². The van der Waals surface area contributed by atoms with Gasteiger partial charge in [-0.1, -0.05) is 6.07 Å². The van der Waals surface area contributed by atoms with E-state index in [1.54, 1.807) is 23.5 Å². The number of carbonyl (C=O) groups is 1. The Labute approximate surface area is 158 Å². The average molecular weight is 362 g/mol. The number of aromatic nitrogens is 5. The molecular formula is C20H22N6O. The van der Waals surface area contributed by atoms with Crippen molar-refractivity contribution in [2.45, 2.75) is 31.7 Å². The molecule has 1 aliphatic rings. The van der Waals surface area contributed by atoms with Crippen molar-refractivity contribution in [2.24, 2.45) is 0 Å². The number of rotatable bonds is 5. The molecule has 0 N–H and O–H groups in total. The van der Waals surface area contributed by atoms with Gasteiger partial charge >= 0.3 is 0 Å². The van der Waals surface area contributed by atoms with Gasteiger partial charge in [0.2, 0.25) is 5.91 Å². The first-order valence-electron chi connectivity index (χ1n) is 9.22. The van der Waals surface area contributed by atoms with E-state index >= 15 is 0 Å². The highest BCUT2D eigenvalue weighted by Crippen LogP contribution is 2.31. The van der Waals surface area contributed by atoms with Gasteiger partial charge in [-0.3, -0.25) is 14.8 Å². The smallest absolute Gasteiger partial charge is 0.233 e. The van der Waals surface area contributed by atoms with Crippen molar-refractivity contribution in [1.82, 2.24) is 29.6 Å². The summed E-state index contributed by atoms with van der Waals surface area (Å²) in [5.74, 6) is 1.43. The molecule has 1 atom stereocenters. The van der Waals surface area contributed by atoms with Gasteiger partial charge in [-0.2, -0.15) is 0 Å². The summed E-state index contributed by atoms with van der Waals surface area (Å²) in [4.78, 5) is 23.2. The molecule has 1 amide bonds. The third-order valence-electron chi connectivity index (χ3n) is 5.01. The zero-order valence-corrected chi connectivity index (χ0v) is 15.3. The van der Waals surface area contributed by atoms with Crippen LogP contribution in [0, 0.1) is 0 Å². The minimum absolute atomic E-state index is 0.0977. The van der Waals surface area contributed by atoms with Gasteiger partial charge in [-0.15, -0.1) is 10.2 Å². The van der Waals surface area contributed by atoms with Gasteiger partial charge in [0.25, 0.3) is 0 Å². The number of nitrogens with zero attached hydrogens (tertiary/aromatic N) is 6. The van der Waals surface area contributed by atoms with Crippen LogP contribution in [0.15, 0.2) is 48.9 Å². The van der Waals surface area contributed by atoms with Crippen molar-refractivity contribution in [2.75, 3.05) is 13.6 Å². The summed E-state index contributed by atoms with van der Waals surface area (Å²) in [7, 11) is 1.85. The molecule has 4 rings (SSSR count). The molecule has 1 aliphatic heterocycles. The van der Waals surface area contributed by atoms with Crippen LogP contribution in [0.3, 0.4) is 0 Å². The summed E-state index contributed by atoms with van der Waals surface area (Å²) >= 11 is 0. The molecule has 0 fully saturated rings. The zero-order valence-electron chi connectivity index (χ0n) is 15.3. The molecule has 27 heavy (non-hydrogen) atoms. The Morgan fingerprint density at radius 1 is 1.19 bits per heavy atom. The third-order valence-corrected chi connectivity index (χ3v) is 5.01. The van der Waals surface area contributed by atoms with Crippen molar-refractivity contribution >= 4 is 5.91 Å². The predicted molar refractivity (Wildman–Crippen MR) is 101 cm³/mol. The molecule has 7 heteroatoms. The first-order chi connectivity index (χ1) is 13.2. The van der Waals surface area contributed by atoms with E-state index < -0.39 is 0 Å². The number of carbonyl (C=O) groups excluding carboxylic acids is 1. The van der Waals surface area contributed by atoms with Crippen LogP contribution in [0.4, 0.5) is 0 Å². The average Bonchev–Trinajstić information content (AvgIpc) is 3.17. The van der Waals surface area contributed by atoms with Gasteiger partial charge in [-0.25, -0.2) is 0 Å².